The molecule has 3 aromatic heterocycles. The van der Waals surface area contributed by atoms with E-state index in [4.69, 9.17) is 44.1 Å². The first kappa shape index (κ1) is 83.5. The fourth-order valence-corrected chi connectivity index (χ4v) is 17.9. The van der Waals surface area contributed by atoms with Gasteiger partial charge in [-0.25, -0.2) is 0 Å². The number of phenols is 3. The molecule has 1 unspecified atom stereocenters. The maximum atomic E-state index is 12.2. The zero-order valence-corrected chi connectivity index (χ0v) is 70.2. The highest BCUT2D eigenvalue weighted by molar-refractivity contribution is 5.98. The monoisotopic (exact) mass is 1630 g/mol. The van der Waals surface area contributed by atoms with Crippen molar-refractivity contribution in [1.29, 1.82) is 0 Å². The van der Waals surface area contributed by atoms with Gasteiger partial charge in [0.05, 0.1) is 43.3 Å². The number of aromatic nitrogens is 6. The Balaban J connectivity index is 0.000000140. The van der Waals surface area contributed by atoms with E-state index in [1.807, 2.05) is 114 Å². The molecule has 0 saturated carbocycles. The molecule has 2 atom stereocenters. The van der Waals surface area contributed by atoms with Crippen molar-refractivity contribution < 1.29 is 43.9 Å². The normalized spacial score (nSPS) is 17.7. The van der Waals surface area contributed by atoms with Crippen molar-refractivity contribution in [2.24, 2.45) is 0 Å². The van der Waals surface area contributed by atoms with Crippen LogP contribution in [0.3, 0.4) is 0 Å². The Morgan fingerprint density at radius 3 is 1.15 bits per heavy atom. The summed E-state index contributed by atoms with van der Waals surface area (Å²) in [5.41, 5.74) is 9.28. The summed E-state index contributed by atoms with van der Waals surface area (Å²) in [5.74, 6) is 3.42. The van der Waals surface area contributed by atoms with Crippen LogP contribution in [0.15, 0.2) is 147 Å². The topological polar surface area (TPSA) is 256 Å². The van der Waals surface area contributed by atoms with Gasteiger partial charge < -0.3 is 83.4 Å². The lowest BCUT2D eigenvalue weighted by Crippen LogP contribution is -2.49. The van der Waals surface area contributed by atoms with E-state index in [2.05, 4.69) is 95.9 Å². The second kappa shape index (κ2) is 38.7. The number of ether oxygens (including phenoxy) is 3. The lowest BCUT2D eigenvalue weighted by molar-refractivity contribution is -0.127. The Kier molecular flexibility index (Phi) is 26.9. The summed E-state index contributed by atoms with van der Waals surface area (Å²) in [6.45, 7) is 34.8. The molecule has 8 aliphatic rings. The van der Waals surface area contributed by atoms with Gasteiger partial charge >= 0.3 is 18.0 Å². The van der Waals surface area contributed by atoms with Gasteiger partial charge in [-0.05, 0) is 158 Å². The number of piperidine rings is 2. The number of hydrogen-bond donors (Lipinski definition) is 3. The highest BCUT2D eigenvalue weighted by Gasteiger charge is 2.35. The molecule has 0 spiro atoms. The highest BCUT2D eigenvalue weighted by Crippen LogP contribution is 2.41. The third kappa shape index (κ3) is 19.8. The Bertz CT molecular complexity index is 5150. The van der Waals surface area contributed by atoms with Crippen LogP contribution < -0.4 is 43.6 Å². The molecule has 3 N–H and O–H groups in total. The summed E-state index contributed by atoms with van der Waals surface area (Å²) < 4.78 is 18.7. The van der Waals surface area contributed by atoms with Crippen LogP contribution in [0.4, 0.5) is 34.5 Å². The van der Waals surface area contributed by atoms with Gasteiger partial charge in [0.2, 0.25) is 17.7 Å². The number of anilines is 6. The average molecular weight is 1630 g/mol. The van der Waals surface area contributed by atoms with Gasteiger partial charge in [0.25, 0.3) is 0 Å². The Morgan fingerprint density at radius 2 is 0.775 bits per heavy atom. The van der Waals surface area contributed by atoms with Crippen LogP contribution in [0.2, 0.25) is 0 Å². The van der Waals surface area contributed by atoms with E-state index >= 15 is 0 Å². The zero-order valence-electron chi connectivity index (χ0n) is 70.2. The lowest BCUT2D eigenvalue weighted by Gasteiger charge is -2.38. The number of rotatable bonds is 22. The Hall–Kier alpha value is -11.6. The Labute approximate surface area is 704 Å². The lowest BCUT2D eigenvalue weighted by atomic mass is 10.0. The van der Waals surface area contributed by atoms with E-state index in [0.717, 1.165) is 172 Å². The molecule has 120 heavy (non-hydrogen) atoms. The van der Waals surface area contributed by atoms with E-state index in [9.17, 15) is 29.7 Å². The molecule has 5 saturated heterocycles. The second-order valence-electron chi connectivity index (χ2n) is 32.9. The molecule has 8 aliphatic heterocycles. The van der Waals surface area contributed by atoms with E-state index in [0.29, 0.717) is 129 Å². The third-order valence-electron chi connectivity index (χ3n) is 24.7. The van der Waals surface area contributed by atoms with Crippen molar-refractivity contribution in [3.63, 3.8) is 0 Å². The molecule has 27 heteroatoms. The van der Waals surface area contributed by atoms with Crippen LogP contribution in [0.5, 0.6) is 35.3 Å². The molecule has 9 aromatic rings. The van der Waals surface area contributed by atoms with E-state index in [-0.39, 0.29) is 47.1 Å². The number of likely N-dealkylation sites (tertiary alicyclic amines) is 2. The van der Waals surface area contributed by atoms with Gasteiger partial charge in [-0.3, -0.25) is 19.3 Å². The maximum absolute atomic E-state index is 12.2. The number of amides is 3. The standard InChI is InChI=1S/2C32H40N6O3.C29H36N6O3/c1-3-30(40)36-15-17-37(18-16-36)31-27-11-14-38(29-20-25(39)19-24-9-5-6-10-26(24)29)22-28(27)33-32(34-31)41-23(2)21-35-12-7-4-8-13-35;1-2-30(40)36-16-18-37(19-17-36)31-27-11-15-38(29-22-25(39)21-24-9-4-5-10-26(24)29)23-28(27)33-32(34-31)41-20-8-14-35-12-6-3-7-13-35;1-5-27(37)33-12-14-34(15-13-33)28-24-10-11-35(26-17-22(36)16-21-8-6-7-9-23(21)26)18-25(24)30-29(31-28)38-19-20(2)32(3)4/h3,5-6,9-10,19-20,23,39H,1,4,7-8,11-18,21-22H2,2H3;2,4-5,9-10,21-22,39H,1,3,6-8,11-20,23H2;5-9,16-17,20,36H,1,10-15,18-19H2,2-4H3/t23-;;/m1../s1. The molecule has 17 rings (SSSR count). The molecule has 0 radical (unpaired) electrons. The van der Waals surface area contributed by atoms with Crippen LogP contribution >= 0.6 is 0 Å². The molecule has 0 bridgehead atoms. The SMILES string of the molecule is C=CC(=O)N1CCN(c2nc(OCC(C)N(C)C)nc3c2CCN(c2cc(O)cc4ccccc24)C3)CC1.C=CC(=O)N1CCN(c2nc(OCCCN3CCCCC3)nc3c2CCN(c2cc(O)cc4ccccc24)C3)CC1.C=CC(=O)N1CCN(c2nc(O[C@H](C)CN3CCCCC3)nc3c2CCN(c2cc(O)cc4ccccc24)C3)CC1. The van der Waals surface area contributed by atoms with Crippen LogP contribution in [0.1, 0.15) is 92.6 Å². The zero-order chi connectivity index (χ0) is 83.3. The minimum atomic E-state index is -0.0370. The third-order valence-corrected chi connectivity index (χ3v) is 24.7. The summed E-state index contributed by atoms with van der Waals surface area (Å²) in [5, 5.41) is 37.7. The van der Waals surface area contributed by atoms with Crippen molar-refractivity contribution >= 4 is 84.6 Å². The van der Waals surface area contributed by atoms with E-state index < -0.39 is 0 Å². The van der Waals surface area contributed by atoms with Gasteiger partial charge in [0.15, 0.2) is 0 Å². The molecule has 0 aliphatic carbocycles. The smallest absolute Gasteiger partial charge is 0.318 e. The fourth-order valence-electron chi connectivity index (χ4n) is 17.9. The van der Waals surface area contributed by atoms with Gasteiger partial charge in [0.1, 0.15) is 47.4 Å². The summed E-state index contributed by atoms with van der Waals surface area (Å²) >= 11 is 0. The minimum absolute atomic E-state index is 0.0268. The number of carbonyl (C=O) groups excluding carboxylic acids is 3. The number of phenolic OH excluding ortho intramolecular Hbond substituents is 3. The van der Waals surface area contributed by atoms with E-state index in [1.165, 1.54) is 69.8 Å². The van der Waals surface area contributed by atoms with Crippen molar-refractivity contribution in [2.75, 3.05) is 194 Å². The van der Waals surface area contributed by atoms with E-state index in [1.54, 1.807) is 6.07 Å². The maximum Gasteiger partial charge on any atom is 0.318 e. The molecular formula is C93H116N18O9. The number of piperazine rings is 3. The van der Waals surface area contributed by atoms with Gasteiger partial charge in [-0.15, -0.1) is 0 Å². The number of aromatic hydroxyl groups is 3. The summed E-state index contributed by atoms with van der Waals surface area (Å²) in [6, 6.07) is 36.8. The molecule has 5 fully saturated rings. The average Bonchev–Trinajstić information content (AvgIpc) is 0.768. The van der Waals surface area contributed by atoms with Crippen molar-refractivity contribution in [3.8, 4) is 35.3 Å². The van der Waals surface area contributed by atoms with Crippen LogP contribution in [0.25, 0.3) is 32.3 Å². The van der Waals surface area contributed by atoms with Crippen molar-refractivity contribution in [3.05, 3.63) is 181 Å². The van der Waals surface area contributed by atoms with Crippen molar-refractivity contribution in [2.45, 2.75) is 110 Å². The van der Waals surface area contributed by atoms with Crippen LogP contribution in [-0.4, -0.2) is 269 Å². The molecule has 6 aromatic carbocycles. The predicted octanol–water partition coefficient (Wildman–Crippen LogP) is 11.0. The summed E-state index contributed by atoms with van der Waals surface area (Å²) in [6.07, 6.45) is 15.1. The number of fused-ring (bicyclic) bond motifs is 6. The molecule has 632 valence electrons. The predicted molar refractivity (Wildman–Crippen MR) is 474 cm³/mol. The largest absolute Gasteiger partial charge is 0.508 e. The summed E-state index contributed by atoms with van der Waals surface area (Å²) in [7, 11) is 4.04. The number of likely N-dealkylation sites (N-methyl/N-ethyl adjacent to an activating group) is 1. The van der Waals surface area contributed by atoms with Gasteiger partial charge in [0, 0.05) is 185 Å². The van der Waals surface area contributed by atoms with Gasteiger partial charge in [-0.1, -0.05) is 105 Å². The minimum Gasteiger partial charge on any atom is -0.508 e. The van der Waals surface area contributed by atoms with Gasteiger partial charge in [-0.2, -0.15) is 29.9 Å². The van der Waals surface area contributed by atoms with Crippen LogP contribution in [-0.2, 0) is 53.3 Å². The number of carbonyl (C=O) groups is 3. The fraction of sp³-hybridized carbons (Fsp3) is 0.452. The first-order valence-corrected chi connectivity index (χ1v) is 43.0. The first-order valence-electron chi connectivity index (χ1n) is 43.0. The molecule has 11 heterocycles. The second-order valence-corrected chi connectivity index (χ2v) is 32.9. The number of nitrogens with zero attached hydrogens (tertiary/aromatic N) is 18. The summed E-state index contributed by atoms with van der Waals surface area (Å²) in [4.78, 5) is 92.3. The Morgan fingerprint density at radius 1 is 0.425 bits per heavy atom. The molecule has 27 nitrogen and oxygen atoms in total. The quantitative estimate of drug-likeness (QED) is 0.0421. The molecular weight excluding hydrogens is 1510 g/mol. The molecule has 3 amide bonds. The number of hydrogen-bond acceptors (Lipinski definition) is 24. The number of benzene rings is 6. The highest BCUT2D eigenvalue weighted by atomic mass is 16.5. The van der Waals surface area contributed by atoms with Crippen molar-refractivity contribution in [1.82, 2.24) is 59.3 Å². The van der Waals surface area contributed by atoms with Crippen LogP contribution in [0, 0.1) is 0 Å². The first-order chi connectivity index (χ1) is 58.4.